The van der Waals surface area contributed by atoms with Crippen molar-refractivity contribution in [2.75, 3.05) is 13.2 Å². The molecule has 0 aromatic heterocycles. The van der Waals surface area contributed by atoms with Gasteiger partial charge in [0.25, 0.3) is 0 Å². The second-order valence-electron chi connectivity index (χ2n) is 5.44. The third-order valence-corrected chi connectivity index (χ3v) is 3.83. The van der Waals surface area contributed by atoms with Gasteiger partial charge in [-0.15, -0.1) is 0 Å². The molecule has 0 radical (unpaired) electrons. The zero-order valence-corrected chi connectivity index (χ0v) is 11.5. The summed E-state index contributed by atoms with van der Waals surface area (Å²) in [7, 11) is 0. The molecule has 9 unspecified atom stereocenters. The molecule has 9 nitrogen and oxygen atoms in total. The third-order valence-electron chi connectivity index (χ3n) is 3.83. The molecule has 21 heavy (non-hydrogen) atoms. The average molecular weight is 310 g/mol. The van der Waals surface area contributed by atoms with E-state index in [0.717, 1.165) is 0 Å². The Morgan fingerprint density at radius 3 is 2.24 bits per heavy atom. The zero-order chi connectivity index (χ0) is 15.7. The smallest absolute Gasteiger partial charge is 0.186 e. The lowest BCUT2D eigenvalue weighted by Gasteiger charge is -2.40. The van der Waals surface area contributed by atoms with E-state index in [1.54, 1.807) is 6.92 Å². The Hall–Kier alpha value is -0.360. The van der Waals surface area contributed by atoms with E-state index < -0.39 is 55.1 Å². The van der Waals surface area contributed by atoms with Crippen LogP contribution in [-0.4, -0.2) is 99.0 Å². The maximum Gasteiger partial charge on any atom is 0.186 e. The number of rotatable bonds is 3. The van der Waals surface area contributed by atoms with E-state index in [1.165, 1.54) is 0 Å². The minimum absolute atomic E-state index is 0.200. The van der Waals surface area contributed by atoms with E-state index in [1.807, 2.05) is 0 Å². The first-order chi connectivity index (χ1) is 9.82. The van der Waals surface area contributed by atoms with Crippen LogP contribution in [0.3, 0.4) is 0 Å². The van der Waals surface area contributed by atoms with Gasteiger partial charge in [0.05, 0.1) is 19.3 Å². The molecule has 0 aliphatic carbocycles. The normalized spacial score (nSPS) is 51.9. The molecule has 2 aliphatic heterocycles. The van der Waals surface area contributed by atoms with Crippen LogP contribution in [0.15, 0.2) is 0 Å². The van der Waals surface area contributed by atoms with Crippen molar-refractivity contribution in [3.05, 3.63) is 0 Å². The van der Waals surface area contributed by atoms with Crippen LogP contribution in [-0.2, 0) is 14.2 Å². The van der Waals surface area contributed by atoms with Crippen LogP contribution >= 0.6 is 0 Å². The number of aliphatic hydroxyl groups is 6. The van der Waals surface area contributed by atoms with Gasteiger partial charge in [-0.05, 0) is 6.92 Å². The molecule has 2 aliphatic rings. The maximum absolute atomic E-state index is 9.81. The lowest BCUT2D eigenvalue weighted by Crippen LogP contribution is -2.59. The van der Waals surface area contributed by atoms with Crippen LogP contribution in [0, 0.1) is 0 Å². The van der Waals surface area contributed by atoms with Crippen molar-refractivity contribution in [2.24, 2.45) is 0 Å². The lowest BCUT2D eigenvalue weighted by molar-refractivity contribution is -0.290. The number of hydrogen-bond donors (Lipinski definition) is 6. The first-order valence-corrected chi connectivity index (χ1v) is 6.80. The Morgan fingerprint density at radius 1 is 0.905 bits per heavy atom. The Bertz CT molecular complexity index is 341. The van der Waals surface area contributed by atoms with Crippen molar-refractivity contribution >= 4 is 0 Å². The molecule has 0 spiro atoms. The van der Waals surface area contributed by atoms with Gasteiger partial charge in [-0.1, -0.05) is 0 Å². The van der Waals surface area contributed by atoms with Gasteiger partial charge in [0.2, 0.25) is 0 Å². The monoisotopic (exact) mass is 310 g/mol. The topological polar surface area (TPSA) is 149 Å². The Labute approximate surface area is 121 Å². The molecule has 2 saturated heterocycles. The zero-order valence-electron chi connectivity index (χ0n) is 11.5. The summed E-state index contributed by atoms with van der Waals surface area (Å²) in [5.41, 5.74) is 0. The van der Waals surface area contributed by atoms with Crippen LogP contribution < -0.4 is 0 Å². The van der Waals surface area contributed by atoms with Crippen molar-refractivity contribution in [3.8, 4) is 0 Å². The highest BCUT2D eigenvalue weighted by molar-refractivity contribution is 4.91. The molecule has 2 fully saturated rings. The summed E-state index contributed by atoms with van der Waals surface area (Å²) in [6.07, 6.45) is -10.8. The fraction of sp³-hybridized carbons (Fsp3) is 1.00. The molecule has 0 amide bonds. The number of ether oxygens (including phenoxy) is 3. The van der Waals surface area contributed by atoms with E-state index in [2.05, 4.69) is 0 Å². The van der Waals surface area contributed by atoms with Gasteiger partial charge >= 0.3 is 0 Å². The van der Waals surface area contributed by atoms with Crippen molar-refractivity contribution in [1.29, 1.82) is 0 Å². The largest absolute Gasteiger partial charge is 0.388 e. The van der Waals surface area contributed by atoms with Gasteiger partial charge in [-0.3, -0.25) is 0 Å². The highest BCUT2D eigenvalue weighted by atomic mass is 16.7. The standard InChI is InChI=1S/C12H22O9/c1-4-7(14)10(17)9(16)6(21-4)3-20-12-11(18)8(15)5(13)2-19-12/h4-18H,2-3H2,1H3. The highest BCUT2D eigenvalue weighted by Gasteiger charge is 2.43. The van der Waals surface area contributed by atoms with Crippen LogP contribution in [0.2, 0.25) is 0 Å². The van der Waals surface area contributed by atoms with Gasteiger partial charge < -0.3 is 44.8 Å². The van der Waals surface area contributed by atoms with Crippen molar-refractivity contribution in [3.63, 3.8) is 0 Å². The lowest BCUT2D eigenvalue weighted by atomic mass is 9.96. The molecule has 9 atom stereocenters. The van der Waals surface area contributed by atoms with E-state index in [9.17, 15) is 30.6 Å². The summed E-state index contributed by atoms with van der Waals surface area (Å²) in [6.45, 7) is 1.12. The second kappa shape index (κ2) is 6.82. The number of hydrogen-bond acceptors (Lipinski definition) is 9. The Balaban J connectivity index is 1.88. The molecule has 0 aromatic carbocycles. The fourth-order valence-electron chi connectivity index (χ4n) is 2.39. The van der Waals surface area contributed by atoms with E-state index in [4.69, 9.17) is 14.2 Å². The Morgan fingerprint density at radius 2 is 1.57 bits per heavy atom. The van der Waals surface area contributed by atoms with Gasteiger partial charge in [0, 0.05) is 0 Å². The van der Waals surface area contributed by atoms with Gasteiger partial charge in [-0.25, -0.2) is 0 Å². The molecular formula is C12H22O9. The predicted molar refractivity (Wildman–Crippen MR) is 66.1 cm³/mol. The van der Waals surface area contributed by atoms with Crippen LogP contribution in [0.5, 0.6) is 0 Å². The van der Waals surface area contributed by atoms with E-state index in [0.29, 0.717) is 0 Å². The highest BCUT2D eigenvalue weighted by Crippen LogP contribution is 2.23. The summed E-state index contributed by atoms with van der Waals surface area (Å²) in [4.78, 5) is 0. The molecule has 9 heteroatoms. The predicted octanol–water partition coefficient (Wildman–Crippen LogP) is -3.69. The van der Waals surface area contributed by atoms with Gasteiger partial charge in [0.15, 0.2) is 6.29 Å². The third kappa shape index (κ3) is 3.52. The SMILES string of the molecule is CC1OC(COC2OCC(O)C(O)C2O)C(O)C(O)C1O. The van der Waals surface area contributed by atoms with Crippen molar-refractivity contribution in [2.45, 2.75) is 62.0 Å². The molecule has 0 saturated carbocycles. The molecule has 2 rings (SSSR count). The van der Waals surface area contributed by atoms with E-state index in [-0.39, 0.29) is 13.2 Å². The summed E-state index contributed by atoms with van der Waals surface area (Å²) >= 11 is 0. The quantitative estimate of drug-likeness (QED) is 0.310. The average Bonchev–Trinajstić information content (AvgIpc) is 2.46. The summed E-state index contributed by atoms with van der Waals surface area (Å²) in [6, 6.07) is 0. The minimum Gasteiger partial charge on any atom is -0.388 e. The number of aliphatic hydroxyl groups excluding tert-OH is 6. The molecule has 124 valence electrons. The molecule has 0 aromatic rings. The molecule has 2 heterocycles. The minimum atomic E-state index is -1.44. The van der Waals surface area contributed by atoms with Gasteiger partial charge in [0.1, 0.15) is 42.7 Å². The summed E-state index contributed by atoms with van der Waals surface area (Å²) in [5, 5.41) is 57.5. The van der Waals surface area contributed by atoms with Crippen LogP contribution in [0.1, 0.15) is 6.92 Å². The summed E-state index contributed by atoms with van der Waals surface area (Å²) < 4.78 is 15.6. The van der Waals surface area contributed by atoms with Crippen molar-refractivity contribution in [1.82, 2.24) is 0 Å². The van der Waals surface area contributed by atoms with Crippen LogP contribution in [0.25, 0.3) is 0 Å². The summed E-state index contributed by atoms with van der Waals surface area (Å²) in [5.74, 6) is 0. The molecular weight excluding hydrogens is 288 g/mol. The maximum atomic E-state index is 9.81. The van der Waals surface area contributed by atoms with Crippen LogP contribution in [0.4, 0.5) is 0 Å². The fourth-order valence-corrected chi connectivity index (χ4v) is 2.39. The van der Waals surface area contributed by atoms with E-state index >= 15 is 0 Å². The molecule has 0 bridgehead atoms. The van der Waals surface area contributed by atoms with Crippen molar-refractivity contribution < 1.29 is 44.8 Å². The van der Waals surface area contributed by atoms with Gasteiger partial charge in [-0.2, -0.15) is 0 Å². The molecule has 6 N–H and O–H groups in total. The Kier molecular flexibility index (Phi) is 5.52. The second-order valence-corrected chi connectivity index (χ2v) is 5.44. The first kappa shape index (κ1) is 17.0. The first-order valence-electron chi connectivity index (χ1n) is 6.80.